The van der Waals surface area contributed by atoms with Crippen molar-refractivity contribution >= 4 is 41.3 Å². The monoisotopic (exact) mass is 544 g/mol. The van der Waals surface area contributed by atoms with E-state index >= 15 is 0 Å². The highest BCUT2D eigenvalue weighted by molar-refractivity contribution is 6.31. The molecule has 0 radical (unpaired) electrons. The van der Waals surface area contributed by atoms with E-state index in [0.717, 1.165) is 5.56 Å². The molecule has 0 aromatic heterocycles. The van der Waals surface area contributed by atoms with Crippen molar-refractivity contribution in [1.29, 1.82) is 0 Å². The number of hydrogen-bond donors (Lipinski definition) is 1. The van der Waals surface area contributed by atoms with E-state index in [-0.39, 0.29) is 35.7 Å². The van der Waals surface area contributed by atoms with Crippen LogP contribution in [0.3, 0.4) is 0 Å². The van der Waals surface area contributed by atoms with Gasteiger partial charge < -0.3 is 9.80 Å². The second-order valence-corrected chi connectivity index (χ2v) is 10.8. The first-order valence-electron chi connectivity index (χ1n) is 12.5. The van der Waals surface area contributed by atoms with Gasteiger partial charge in [0.05, 0.1) is 11.7 Å². The van der Waals surface area contributed by atoms with Crippen LogP contribution in [0.1, 0.15) is 31.9 Å². The van der Waals surface area contributed by atoms with E-state index in [4.69, 9.17) is 11.6 Å². The molecule has 0 spiro atoms. The average Bonchev–Trinajstić information content (AvgIpc) is 3.19. The highest BCUT2D eigenvalue weighted by atomic mass is 35.5. The van der Waals surface area contributed by atoms with Crippen LogP contribution < -0.4 is 10.2 Å². The van der Waals surface area contributed by atoms with Crippen molar-refractivity contribution in [3.63, 3.8) is 0 Å². The molecule has 7 nitrogen and oxygen atoms in total. The summed E-state index contributed by atoms with van der Waals surface area (Å²) in [6, 6.07) is 8.13. The van der Waals surface area contributed by atoms with Crippen molar-refractivity contribution in [1.82, 2.24) is 15.1 Å². The number of carbonyl (C=O) groups excluding carboxylic acids is 3. The van der Waals surface area contributed by atoms with Crippen molar-refractivity contribution in [3.05, 3.63) is 70.3 Å². The lowest BCUT2D eigenvalue weighted by Gasteiger charge is -2.39. The van der Waals surface area contributed by atoms with E-state index in [1.165, 1.54) is 36.4 Å². The van der Waals surface area contributed by atoms with Gasteiger partial charge in [0.15, 0.2) is 6.29 Å². The van der Waals surface area contributed by atoms with E-state index in [1.807, 2.05) is 6.92 Å². The van der Waals surface area contributed by atoms with Gasteiger partial charge in [-0.2, -0.15) is 0 Å². The molecule has 2 fully saturated rings. The molecule has 38 heavy (non-hydrogen) atoms. The maximum atomic E-state index is 14.5. The predicted molar refractivity (Wildman–Crippen MR) is 143 cm³/mol. The molecule has 2 aliphatic heterocycles. The van der Waals surface area contributed by atoms with Crippen LogP contribution in [-0.4, -0.2) is 71.7 Å². The Kier molecular flexibility index (Phi) is 8.30. The maximum absolute atomic E-state index is 14.5. The van der Waals surface area contributed by atoms with Crippen LogP contribution in [0.15, 0.2) is 42.5 Å². The number of piperazine rings is 1. The summed E-state index contributed by atoms with van der Waals surface area (Å²) in [5.74, 6) is -1.77. The molecule has 1 amide bonds. The molecule has 2 saturated heterocycles. The van der Waals surface area contributed by atoms with Crippen LogP contribution in [0.4, 0.5) is 14.5 Å². The molecule has 4 rings (SSSR count). The molecule has 10 heteroatoms. The molecule has 2 aromatic rings. The van der Waals surface area contributed by atoms with Gasteiger partial charge in [0.25, 0.3) is 0 Å². The van der Waals surface area contributed by atoms with Gasteiger partial charge in [-0.25, -0.2) is 8.78 Å². The topological polar surface area (TPSA) is 73.0 Å². The minimum absolute atomic E-state index is 0.0686. The molecular weight excluding hydrogens is 514 g/mol. The second kappa shape index (κ2) is 11.3. The number of Topliss-reactive ketones (excluding diaryl/α,β-unsaturated/α-hetero) is 1. The van der Waals surface area contributed by atoms with E-state index < -0.39 is 23.2 Å². The number of aldehydes is 1. The standard InChI is InChI=1S/C28H31ClF2N4O3/c1-18-14-33(15-19-4-7-21(30)8-5-19)10-11-34(18)26(38)9-6-20-12-23(31)22(29)13-24(20)35-17-32-28(2,3)27(35)25(37)16-36/h4-9,12-13,16,18,27,32H,10-11,14-15,17H2,1-3H3/b9-6+. The van der Waals surface area contributed by atoms with Crippen LogP contribution in [0.25, 0.3) is 6.08 Å². The van der Waals surface area contributed by atoms with Crippen LogP contribution in [0, 0.1) is 11.6 Å². The van der Waals surface area contributed by atoms with Crippen LogP contribution >= 0.6 is 11.6 Å². The molecule has 2 aromatic carbocycles. The average molecular weight is 545 g/mol. The fraction of sp³-hybridized carbons (Fsp3) is 0.393. The van der Waals surface area contributed by atoms with E-state index in [2.05, 4.69) is 10.2 Å². The summed E-state index contributed by atoms with van der Waals surface area (Å²) in [5, 5.41) is 3.08. The predicted octanol–water partition coefficient (Wildman–Crippen LogP) is 3.65. The number of rotatable bonds is 7. The zero-order valence-corrected chi connectivity index (χ0v) is 22.3. The molecule has 202 valence electrons. The van der Waals surface area contributed by atoms with Gasteiger partial charge in [0.1, 0.15) is 17.7 Å². The number of anilines is 1. The third kappa shape index (κ3) is 5.95. The Morgan fingerprint density at radius 1 is 1.16 bits per heavy atom. The summed E-state index contributed by atoms with van der Waals surface area (Å²) >= 11 is 6.08. The van der Waals surface area contributed by atoms with Gasteiger partial charge >= 0.3 is 0 Å². The highest BCUT2D eigenvalue weighted by Crippen LogP contribution is 2.35. The van der Waals surface area contributed by atoms with Crippen molar-refractivity contribution in [2.75, 3.05) is 31.2 Å². The summed E-state index contributed by atoms with van der Waals surface area (Å²) in [6.07, 6.45) is 3.19. The SMILES string of the molecule is CC1CN(Cc2ccc(F)cc2)CCN1C(=O)/C=C/c1cc(F)c(Cl)cc1N1CNC(C)(C)C1C(=O)C=O. The number of nitrogens with one attached hydrogen (secondary N) is 1. The highest BCUT2D eigenvalue weighted by Gasteiger charge is 2.45. The summed E-state index contributed by atoms with van der Waals surface area (Å²) in [6.45, 7) is 8.30. The molecule has 2 unspecified atom stereocenters. The number of carbonyl (C=O) groups is 3. The van der Waals surface area contributed by atoms with Crippen molar-refractivity contribution < 1.29 is 23.2 Å². The third-order valence-corrected chi connectivity index (χ3v) is 7.47. The largest absolute Gasteiger partial charge is 0.346 e. The van der Waals surface area contributed by atoms with E-state index in [0.29, 0.717) is 37.4 Å². The van der Waals surface area contributed by atoms with Gasteiger partial charge in [-0.3, -0.25) is 24.6 Å². The van der Waals surface area contributed by atoms with Gasteiger partial charge in [0, 0.05) is 55.1 Å². The van der Waals surface area contributed by atoms with Gasteiger partial charge in [-0.05, 0) is 56.7 Å². The molecule has 2 heterocycles. The first kappa shape index (κ1) is 27.9. The first-order valence-corrected chi connectivity index (χ1v) is 12.8. The van der Waals surface area contributed by atoms with Gasteiger partial charge in [0.2, 0.25) is 11.7 Å². The minimum Gasteiger partial charge on any atom is -0.346 e. The fourth-order valence-corrected chi connectivity index (χ4v) is 5.37. The molecule has 0 saturated carbocycles. The number of halogens is 3. The maximum Gasteiger partial charge on any atom is 0.246 e. The Morgan fingerprint density at radius 3 is 2.53 bits per heavy atom. The lowest BCUT2D eigenvalue weighted by atomic mass is 9.92. The second-order valence-electron chi connectivity index (χ2n) is 10.3. The number of benzene rings is 2. The summed E-state index contributed by atoms with van der Waals surface area (Å²) in [5.41, 5.74) is 1.10. The van der Waals surface area contributed by atoms with Crippen LogP contribution in [0.2, 0.25) is 5.02 Å². The lowest BCUT2D eigenvalue weighted by molar-refractivity contribution is -0.131. The van der Waals surface area contributed by atoms with E-state index in [1.54, 1.807) is 35.8 Å². The van der Waals surface area contributed by atoms with Crippen LogP contribution in [-0.2, 0) is 20.9 Å². The zero-order valence-electron chi connectivity index (χ0n) is 21.6. The number of amides is 1. The molecule has 0 aliphatic carbocycles. The van der Waals surface area contributed by atoms with Gasteiger partial charge in [-0.15, -0.1) is 0 Å². The normalized spacial score (nSPS) is 21.7. The Bertz CT molecular complexity index is 1250. The summed E-state index contributed by atoms with van der Waals surface area (Å²) < 4.78 is 27.7. The Morgan fingerprint density at radius 2 is 1.87 bits per heavy atom. The van der Waals surface area contributed by atoms with Crippen molar-refractivity contribution in [2.24, 2.45) is 0 Å². The number of nitrogens with zero attached hydrogens (tertiary/aromatic N) is 3. The minimum atomic E-state index is -0.821. The summed E-state index contributed by atoms with van der Waals surface area (Å²) in [7, 11) is 0. The van der Waals surface area contributed by atoms with Crippen LogP contribution in [0.5, 0.6) is 0 Å². The van der Waals surface area contributed by atoms with E-state index in [9.17, 15) is 23.2 Å². The molecule has 0 bridgehead atoms. The van der Waals surface area contributed by atoms with Gasteiger partial charge in [-0.1, -0.05) is 23.7 Å². The number of hydrogen-bond acceptors (Lipinski definition) is 6. The Hall–Kier alpha value is -3.14. The molecule has 2 aliphatic rings. The molecular formula is C28H31ClF2N4O3. The fourth-order valence-electron chi connectivity index (χ4n) is 5.21. The molecule has 1 N–H and O–H groups in total. The first-order chi connectivity index (χ1) is 18.0. The Balaban J connectivity index is 1.50. The smallest absolute Gasteiger partial charge is 0.246 e. The summed E-state index contributed by atoms with van der Waals surface area (Å²) in [4.78, 5) is 42.6. The zero-order chi connectivity index (χ0) is 27.6. The van der Waals surface area contributed by atoms with Crippen molar-refractivity contribution in [3.8, 4) is 0 Å². The molecule has 2 atom stereocenters. The quantitative estimate of drug-likeness (QED) is 0.326. The number of ketones is 1. The van der Waals surface area contributed by atoms with Crippen molar-refractivity contribution in [2.45, 2.75) is 44.9 Å². The third-order valence-electron chi connectivity index (χ3n) is 7.18. The lowest BCUT2D eigenvalue weighted by Crippen LogP contribution is -2.53. The Labute approximate surface area is 226 Å².